The summed E-state index contributed by atoms with van der Waals surface area (Å²) < 4.78 is 7.37. The summed E-state index contributed by atoms with van der Waals surface area (Å²) in [5.41, 5.74) is 1.51. The van der Waals surface area contributed by atoms with E-state index in [0.717, 1.165) is 24.9 Å². The summed E-state index contributed by atoms with van der Waals surface area (Å²) in [7, 11) is 0. The van der Waals surface area contributed by atoms with Crippen molar-refractivity contribution in [3.8, 4) is 5.69 Å². The van der Waals surface area contributed by atoms with Crippen LogP contribution in [0, 0.1) is 5.92 Å². The lowest BCUT2D eigenvalue weighted by Crippen LogP contribution is -2.53. The highest BCUT2D eigenvalue weighted by molar-refractivity contribution is 5.95. The van der Waals surface area contributed by atoms with Gasteiger partial charge < -0.3 is 14.7 Å². The molecule has 1 saturated carbocycles. The fourth-order valence-corrected chi connectivity index (χ4v) is 4.02. The number of hydrogen-bond donors (Lipinski definition) is 1. The van der Waals surface area contributed by atoms with Gasteiger partial charge in [-0.25, -0.2) is 4.68 Å². The maximum Gasteiger partial charge on any atom is 0.254 e. The standard InChI is InChI=1S/C19H23N3O3/c23-18-7-2-6-16(18)17-13-25-11-10-21(17)19(24)14-4-1-5-15(12-14)22-9-3-8-20-22/h1,3-5,8-9,12,16-18,23H,2,6-7,10-11,13H2/t16-,17+,18+/m0/s1. The quantitative estimate of drug-likeness (QED) is 0.925. The average molecular weight is 341 g/mol. The first-order valence-electron chi connectivity index (χ1n) is 8.91. The van der Waals surface area contributed by atoms with E-state index >= 15 is 0 Å². The van der Waals surface area contributed by atoms with Gasteiger partial charge >= 0.3 is 0 Å². The number of nitrogens with zero attached hydrogens (tertiary/aromatic N) is 3. The van der Waals surface area contributed by atoms with E-state index in [4.69, 9.17) is 4.74 Å². The third-order valence-corrected chi connectivity index (χ3v) is 5.31. The highest BCUT2D eigenvalue weighted by Gasteiger charge is 2.39. The van der Waals surface area contributed by atoms with Crippen LogP contribution in [0.15, 0.2) is 42.7 Å². The van der Waals surface area contributed by atoms with Crippen LogP contribution in [0.4, 0.5) is 0 Å². The lowest BCUT2D eigenvalue weighted by molar-refractivity contribution is -0.0383. The van der Waals surface area contributed by atoms with Crippen LogP contribution in [0.2, 0.25) is 0 Å². The summed E-state index contributed by atoms with van der Waals surface area (Å²) in [6, 6.07) is 9.33. The van der Waals surface area contributed by atoms with Gasteiger partial charge in [-0.1, -0.05) is 12.5 Å². The Bertz CT molecular complexity index is 731. The van der Waals surface area contributed by atoms with Crippen molar-refractivity contribution in [3.63, 3.8) is 0 Å². The Morgan fingerprint density at radius 3 is 2.96 bits per heavy atom. The molecule has 2 heterocycles. The Labute approximate surface area is 147 Å². The summed E-state index contributed by atoms with van der Waals surface area (Å²) in [5, 5.41) is 14.5. The van der Waals surface area contributed by atoms with Crippen molar-refractivity contribution in [2.45, 2.75) is 31.4 Å². The van der Waals surface area contributed by atoms with Gasteiger partial charge in [-0.05, 0) is 37.1 Å². The summed E-state index contributed by atoms with van der Waals surface area (Å²) in [6.07, 6.45) is 6.02. The number of rotatable bonds is 3. The molecule has 1 aromatic carbocycles. The molecule has 2 aromatic rings. The molecule has 6 heteroatoms. The van der Waals surface area contributed by atoms with Crippen molar-refractivity contribution in [1.29, 1.82) is 0 Å². The first-order chi connectivity index (χ1) is 12.2. The maximum atomic E-state index is 13.2. The van der Waals surface area contributed by atoms with Crippen LogP contribution in [0.3, 0.4) is 0 Å². The van der Waals surface area contributed by atoms with Crippen molar-refractivity contribution in [2.75, 3.05) is 19.8 Å². The van der Waals surface area contributed by atoms with Crippen molar-refractivity contribution in [2.24, 2.45) is 5.92 Å². The predicted octanol–water partition coefficient (Wildman–Crippen LogP) is 1.87. The molecule has 3 atom stereocenters. The minimum atomic E-state index is -0.336. The molecule has 1 saturated heterocycles. The van der Waals surface area contributed by atoms with Crippen molar-refractivity contribution in [3.05, 3.63) is 48.3 Å². The van der Waals surface area contributed by atoms with E-state index in [1.165, 1.54) is 0 Å². The molecule has 1 amide bonds. The third kappa shape index (κ3) is 3.19. The average Bonchev–Trinajstić information content (AvgIpc) is 3.33. The van der Waals surface area contributed by atoms with E-state index in [2.05, 4.69) is 5.10 Å². The van der Waals surface area contributed by atoms with Crippen LogP contribution in [0.25, 0.3) is 5.69 Å². The third-order valence-electron chi connectivity index (χ3n) is 5.31. The van der Waals surface area contributed by atoms with E-state index in [-0.39, 0.29) is 24.0 Å². The van der Waals surface area contributed by atoms with Crippen molar-refractivity contribution in [1.82, 2.24) is 14.7 Å². The minimum Gasteiger partial charge on any atom is -0.393 e. The molecule has 1 N–H and O–H groups in total. The molecule has 6 nitrogen and oxygen atoms in total. The van der Waals surface area contributed by atoms with Gasteiger partial charge in [-0.3, -0.25) is 4.79 Å². The second-order valence-electron chi connectivity index (χ2n) is 6.80. The largest absolute Gasteiger partial charge is 0.393 e. The second kappa shape index (κ2) is 6.98. The number of hydrogen-bond acceptors (Lipinski definition) is 4. The number of carbonyl (C=O) groups is 1. The van der Waals surface area contributed by atoms with Gasteiger partial charge in [0.15, 0.2) is 0 Å². The molecule has 2 fully saturated rings. The normalized spacial score (nSPS) is 26.8. The number of morpholine rings is 1. The van der Waals surface area contributed by atoms with E-state index in [1.807, 2.05) is 41.4 Å². The topological polar surface area (TPSA) is 67.6 Å². The van der Waals surface area contributed by atoms with Crippen LogP contribution in [-0.4, -0.2) is 57.6 Å². The van der Waals surface area contributed by atoms with E-state index in [1.54, 1.807) is 10.9 Å². The molecule has 1 aliphatic carbocycles. The fraction of sp³-hybridized carbons (Fsp3) is 0.474. The van der Waals surface area contributed by atoms with Crippen LogP contribution in [0.1, 0.15) is 29.6 Å². The van der Waals surface area contributed by atoms with E-state index < -0.39 is 0 Å². The molecule has 1 aromatic heterocycles. The van der Waals surface area contributed by atoms with Gasteiger partial charge in [0.2, 0.25) is 0 Å². The Morgan fingerprint density at radius 2 is 2.20 bits per heavy atom. The molecule has 25 heavy (non-hydrogen) atoms. The van der Waals surface area contributed by atoms with Gasteiger partial charge in [-0.15, -0.1) is 0 Å². The molecule has 2 aliphatic rings. The zero-order valence-corrected chi connectivity index (χ0v) is 14.1. The molecule has 132 valence electrons. The molecule has 1 aliphatic heterocycles. The first kappa shape index (κ1) is 16.3. The van der Waals surface area contributed by atoms with Gasteiger partial charge in [0.25, 0.3) is 5.91 Å². The molecular weight excluding hydrogens is 318 g/mol. The monoisotopic (exact) mass is 341 g/mol. The predicted molar refractivity (Wildman–Crippen MR) is 92.6 cm³/mol. The second-order valence-corrected chi connectivity index (χ2v) is 6.80. The smallest absolute Gasteiger partial charge is 0.254 e. The van der Waals surface area contributed by atoms with Crippen molar-refractivity contribution < 1.29 is 14.6 Å². The lowest BCUT2D eigenvalue weighted by atomic mass is 9.93. The highest BCUT2D eigenvalue weighted by atomic mass is 16.5. The molecular formula is C19H23N3O3. The van der Waals surface area contributed by atoms with Gasteiger partial charge in [0, 0.05) is 30.4 Å². The number of aromatic nitrogens is 2. The number of ether oxygens (including phenoxy) is 1. The summed E-state index contributed by atoms with van der Waals surface area (Å²) >= 11 is 0. The van der Waals surface area contributed by atoms with Crippen LogP contribution < -0.4 is 0 Å². The maximum absolute atomic E-state index is 13.2. The SMILES string of the molecule is O=C(c1cccc(-n2cccn2)c1)N1CCOC[C@@H]1[C@@H]1CCC[C@H]1O. The number of benzene rings is 1. The minimum absolute atomic E-state index is 0.00130. The number of amides is 1. The summed E-state index contributed by atoms with van der Waals surface area (Å²) in [5.74, 6) is 0.111. The Kier molecular flexibility index (Phi) is 4.55. The highest BCUT2D eigenvalue weighted by Crippen LogP contribution is 2.33. The Hall–Kier alpha value is -2.18. The zero-order valence-electron chi connectivity index (χ0n) is 14.1. The Morgan fingerprint density at radius 1 is 1.28 bits per heavy atom. The number of aliphatic hydroxyl groups excluding tert-OH is 1. The lowest BCUT2D eigenvalue weighted by Gasteiger charge is -2.40. The molecule has 0 spiro atoms. The molecule has 4 rings (SSSR count). The van der Waals surface area contributed by atoms with Gasteiger partial charge in [0.1, 0.15) is 0 Å². The Balaban J connectivity index is 1.59. The number of aliphatic hydroxyl groups is 1. The summed E-state index contributed by atoms with van der Waals surface area (Å²) in [4.78, 5) is 15.0. The van der Waals surface area contributed by atoms with Crippen LogP contribution >= 0.6 is 0 Å². The number of carbonyl (C=O) groups excluding carboxylic acids is 1. The zero-order chi connectivity index (χ0) is 17.2. The van der Waals surface area contributed by atoms with Crippen LogP contribution in [-0.2, 0) is 4.74 Å². The van der Waals surface area contributed by atoms with Gasteiger partial charge in [-0.2, -0.15) is 5.10 Å². The fourth-order valence-electron chi connectivity index (χ4n) is 4.02. The molecule has 0 bridgehead atoms. The van der Waals surface area contributed by atoms with E-state index in [0.29, 0.717) is 25.3 Å². The van der Waals surface area contributed by atoms with E-state index in [9.17, 15) is 9.90 Å². The molecule has 0 unspecified atom stereocenters. The van der Waals surface area contributed by atoms with Gasteiger partial charge in [0.05, 0.1) is 31.0 Å². The van der Waals surface area contributed by atoms with Crippen LogP contribution in [0.5, 0.6) is 0 Å². The molecule has 0 radical (unpaired) electrons. The first-order valence-corrected chi connectivity index (χ1v) is 8.91. The van der Waals surface area contributed by atoms with Crippen molar-refractivity contribution >= 4 is 5.91 Å². The summed E-state index contributed by atoms with van der Waals surface area (Å²) in [6.45, 7) is 1.62.